The molecule has 0 fully saturated rings. The second kappa shape index (κ2) is 10.5. The summed E-state index contributed by atoms with van der Waals surface area (Å²) in [5.41, 5.74) is 5.38. The highest BCUT2D eigenvalue weighted by Gasteiger charge is 2.15. The number of benzene rings is 2. The number of hydrogen-bond acceptors (Lipinski definition) is 3. The van der Waals surface area contributed by atoms with Crippen LogP contribution in [0.5, 0.6) is 0 Å². The van der Waals surface area contributed by atoms with E-state index in [-0.39, 0.29) is 17.5 Å². The SMILES string of the molecule is CCC(N/C=C(/C#N)C(=O)NCCc1ccccc1)c1ccc2c(c1)CCCC2. The van der Waals surface area contributed by atoms with Crippen molar-refractivity contribution in [3.8, 4) is 6.07 Å². The molecule has 2 aromatic carbocycles. The Morgan fingerprint density at radius 2 is 1.90 bits per heavy atom. The highest BCUT2D eigenvalue weighted by atomic mass is 16.1. The lowest BCUT2D eigenvalue weighted by Gasteiger charge is -2.21. The number of carbonyl (C=O) groups excluding carboxylic acids is 1. The predicted octanol–water partition coefficient (Wildman–Crippen LogP) is 4.37. The second-order valence-electron chi connectivity index (χ2n) is 7.52. The first kappa shape index (κ1) is 20.7. The molecule has 2 aromatic rings. The summed E-state index contributed by atoms with van der Waals surface area (Å²) in [5.74, 6) is -0.337. The molecule has 0 aliphatic heterocycles. The summed E-state index contributed by atoms with van der Waals surface area (Å²) in [5, 5.41) is 15.5. The molecule has 0 heterocycles. The molecule has 4 heteroatoms. The van der Waals surface area contributed by atoms with E-state index in [1.165, 1.54) is 36.0 Å². The number of aryl methyl sites for hydroxylation is 2. The fourth-order valence-corrected chi connectivity index (χ4v) is 3.81. The predicted molar refractivity (Wildman–Crippen MR) is 116 cm³/mol. The average molecular weight is 388 g/mol. The quantitative estimate of drug-likeness (QED) is 0.522. The Balaban J connectivity index is 1.59. The summed E-state index contributed by atoms with van der Waals surface area (Å²) in [4.78, 5) is 12.4. The summed E-state index contributed by atoms with van der Waals surface area (Å²) in [6.45, 7) is 2.61. The van der Waals surface area contributed by atoms with Gasteiger partial charge in [0.2, 0.25) is 0 Å². The van der Waals surface area contributed by atoms with Gasteiger partial charge in [-0.25, -0.2) is 0 Å². The second-order valence-corrected chi connectivity index (χ2v) is 7.52. The van der Waals surface area contributed by atoms with Crippen LogP contribution < -0.4 is 10.6 Å². The lowest BCUT2D eigenvalue weighted by atomic mass is 9.89. The van der Waals surface area contributed by atoms with Crippen LogP contribution in [0.1, 0.15) is 54.5 Å². The summed E-state index contributed by atoms with van der Waals surface area (Å²) < 4.78 is 0. The van der Waals surface area contributed by atoms with Crippen molar-refractivity contribution in [1.82, 2.24) is 10.6 Å². The van der Waals surface area contributed by atoms with Gasteiger partial charge in [0.15, 0.2) is 0 Å². The minimum atomic E-state index is -0.337. The lowest BCUT2D eigenvalue weighted by molar-refractivity contribution is -0.117. The molecule has 0 spiro atoms. The van der Waals surface area contributed by atoms with Gasteiger partial charge in [-0.2, -0.15) is 5.26 Å². The molecule has 4 nitrogen and oxygen atoms in total. The molecule has 1 atom stereocenters. The van der Waals surface area contributed by atoms with Gasteiger partial charge in [0.05, 0.1) is 6.04 Å². The lowest BCUT2D eigenvalue weighted by Crippen LogP contribution is -2.28. The fraction of sp³-hybridized carbons (Fsp3) is 0.360. The van der Waals surface area contributed by atoms with E-state index in [2.05, 4.69) is 35.8 Å². The van der Waals surface area contributed by atoms with E-state index >= 15 is 0 Å². The van der Waals surface area contributed by atoms with E-state index in [0.29, 0.717) is 6.54 Å². The number of nitriles is 1. The van der Waals surface area contributed by atoms with Crippen LogP contribution in [0.15, 0.2) is 60.3 Å². The molecular weight excluding hydrogens is 358 g/mol. The van der Waals surface area contributed by atoms with Gasteiger partial charge in [-0.15, -0.1) is 0 Å². The Morgan fingerprint density at radius 3 is 2.62 bits per heavy atom. The minimum absolute atomic E-state index is 0.0858. The van der Waals surface area contributed by atoms with Crippen molar-refractivity contribution in [2.24, 2.45) is 0 Å². The first-order chi connectivity index (χ1) is 14.2. The number of fused-ring (bicyclic) bond motifs is 1. The third-order valence-corrected chi connectivity index (χ3v) is 5.52. The van der Waals surface area contributed by atoms with Crippen molar-refractivity contribution in [3.05, 3.63) is 82.6 Å². The van der Waals surface area contributed by atoms with E-state index in [1.807, 2.05) is 36.4 Å². The minimum Gasteiger partial charge on any atom is -0.383 e. The smallest absolute Gasteiger partial charge is 0.263 e. The molecule has 0 bridgehead atoms. The zero-order valence-electron chi connectivity index (χ0n) is 17.1. The van der Waals surface area contributed by atoms with E-state index in [1.54, 1.807) is 6.20 Å². The largest absolute Gasteiger partial charge is 0.383 e. The van der Waals surface area contributed by atoms with Crippen molar-refractivity contribution < 1.29 is 4.79 Å². The number of nitrogens with zero attached hydrogens (tertiary/aromatic N) is 1. The Morgan fingerprint density at radius 1 is 1.14 bits per heavy atom. The molecule has 1 unspecified atom stereocenters. The maximum Gasteiger partial charge on any atom is 0.263 e. The molecule has 1 aliphatic rings. The molecule has 0 saturated heterocycles. The molecule has 29 heavy (non-hydrogen) atoms. The maximum atomic E-state index is 12.4. The molecule has 150 valence electrons. The fourth-order valence-electron chi connectivity index (χ4n) is 3.81. The van der Waals surface area contributed by atoms with Crippen molar-refractivity contribution in [1.29, 1.82) is 5.26 Å². The monoisotopic (exact) mass is 387 g/mol. The van der Waals surface area contributed by atoms with Gasteiger partial charge in [-0.3, -0.25) is 4.79 Å². The third-order valence-electron chi connectivity index (χ3n) is 5.52. The average Bonchev–Trinajstić information content (AvgIpc) is 2.77. The first-order valence-electron chi connectivity index (χ1n) is 10.5. The van der Waals surface area contributed by atoms with Gasteiger partial charge >= 0.3 is 0 Å². The Labute approximate surface area is 173 Å². The Hall–Kier alpha value is -3.06. The zero-order chi connectivity index (χ0) is 20.5. The van der Waals surface area contributed by atoms with Gasteiger partial charge < -0.3 is 10.6 Å². The van der Waals surface area contributed by atoms with E-state index in [9.17, 15) is 10.1 Å². The molecule has 0 saturated carbocycles. The molecular formula is C25H29N3O. The van der Waals surface area contributed by atoms with Gasteiger partial charge in [0.25, 0.3) is 5.91 Å². The number of carbonyl (C=O) groups is 1. The van der Waals surface area contributed by atoms with Crippen molar-refractivity contribution in [2.75, 3.05) is 6.54 Å². The van der Waals surface area contributed by atoms with Crippen molar-refractivity contribution in [2.45, 2.75) is 51.5 Å². The first-order valence-corrected chi connectivity index (χ1v) is 10.5. The molecule has 2 N–H and O–H groups in total. The van der Waals surface area contributed by atoms with Crippen LogP contribution >= 0.6 is 0 Å². The van der Waals surface area contributed by atoms with Crippen LogP contribution in [0.4, 0.5) is 0 Å². The maximum absolute atomic E-state index is 12.4. The normalized spacial score (nSPS) is 14.4. The van der Waals surface area contributed by atoms with Crippen LogP contribution in [0.2, 0.25) is 0 Å². The highest BCUT2D eigenvalue weighted by molar-refractivity contribution is 5.97. The molecule has 3 rings (SSSR count). The van der Waals surface area contributed by atoms with Gasteiger partial charge in [-0.1, -0.05) is 55.5 Å². The molecule has 1 aliphatic carbocycles. The number of amides is 1. The van der Waals surface area contributed by atoms with E-state index < -0.39 is 0 Å². The Bertz CT molecular complexity index is 896. The van der Waals surface area contributed by atoms with Crippen LogP contribution in [0.25, 0.3) is 0 Å². The van der Waals surface area contributed by atoms with Gasteiger partial charge in [0, 0.05) is 12.7 Å². The number of hydrogen-bond donors (Lipinski definition) is 2. The van der Waals surface area contributed by atoms with Gasteiger partial charge in [0.1, 0.15) is 11.6 Å². The van der Waals surface area contributed by atoms with E-state index in [4.69, 9.17) is 0 Å². The standard InChI is InChI=1S/C25H29N3O/c1-2-24(22-13-12-20-10-6-7-11-21(20)16-22)28-18-23(17-26)25(29)27-15-14-19-8-4-3-5-9-19/h3-5,8-9,12-13,16,18,24,28H,2,6-7,10-11,14-15H2,1H3,(H,27,29)/b23-18-. The zero-order valence-corrected chi connectivity index (χ0v) is 17.1. The summed E-state index contributed by atoms with van der Waals surface area (Å²) >= 11 is 0. The summed E-state index contributed by atoms with van der Waals surface area (Å²) in [7, 11) is 0. The molecule has 0 aromatic heterocycles. The van der Waals surface area contributed by atoms with Crippen LogP contribution in [0.3, 0.4) is 0 Å². The van der Waals surface area contributed by atoms with E-state index in [0.717, 1.165) is 24.8 Å². The van der Waals surface area contributed by atoms with Crippen molar-refractivity contribution in [3.63, 3.8) is 0 Å². The molecule has 0 radical (unpaired) electrons. The van der Waals surface area contributed by atoms with Crippen molar-refractivity contribution >= 4 is 5.91 Å². The van der Waals surface area contributed by atoms with Gasteiger partial charge in [-0.05, 0) is 60.8 Å². The van der Waals surface area contributed by atoms with Crippen LogP contribution in [0, 0.1) is 11.3 Å². The third kappa shape index (κ3) is 5.71. The number of rotatable bonds is 8. The highest BCUT2D eigenvalue weighted by Crippen LogP contribution is 2.26. The molecule has 1 amide bonds. The van der Waals surface area contributed by atoms with Crippen LogP contribution in [-0.4, -0.2) is 12.5 Å². The van der Waals surface area contributed by atoms with Crippen LogP contribution in [-0.2, 0) is 24.1 Å². The summed E-state index contributed by atoms with van der Waals surface area (Å²) in [6, 6.07) is 18.8. The number of nitrogens with one attached hydrogen (secondary N) is 2. The summed E-state index contributed by atoms with van der Waals surface area (Å²) in [6.07, 6.45) is 8.02. The Kier molecular flexibility index (Phi) is 7.47. The topological polar surface area (TPSA) is 64.9 Å².